The Kier molecular flexibility index (Phi) is 6.18. The van der Waals surface area contributed by atoms with Crippen LogP contribution in [0.25, 0.3) is 10.9 Å². The van der Waals surface area contributed by atoms with Crippen molar-refractivity contribution in [1.29, 1.82) is 0 Å². The third kappa shape index (κ3) is 4.82. The van der Waals surface area contributed by atoms with E-state index in [1.165, 1.54) is 0 Å². The fourth-order valence-electron chi connectivity index (χ4n) is 3.09. The van der Waals surface area contributed by atoms with E-state index in [4.69, 9.17) is 9.47 Å². The second-order valence-corrected chi connectivity index (χ2v) is 6.60. The van der Waals surface area contributed by atoms with Crippen molar-refractivity contribution >= 4 is 28.6 Å². The lowest BCUT2D eigenvalue weighted by Gasteiger charge is -2.28. The standard InChI is InChI=1S/C20H25N7O2/c1-21-6-9-29-20-24-15(12-19(25-20)27-7-10-28-11-8-27)13-23-26-18-14-22-17-5-3-2-4-16(17)18/h2-5,12-14,21-22,26H,6-11H2,1H3/b23-13+. The molecule has 1 aliphatic heterocycles. The van der Waals surface area contributed by atoms with Crippen molar-refractivity contribution in [3.63, 3.8) is 0 Å². The molecule has 0 amide bonds. The highest BCUT2D eigenvalue weighted by atomic mass is 16.5. The average Bonchev–Trinajstić information content (AvgIpc) is 3.18. The third-order valence-corrected chi connectivity index (χ3v) is 4.60. The summed E-state index contributed by atoms with van der Waals surface area (Å²) in [6.07, 6.45) is 3.58. The van der Waals surface area contributed by atoms with E-state index >= 15 is 0 Å². The van der Waals surface area contributed by atoms with Crippen LogP contribution in [-0.4, -0.2) is 67.7 Å². The van der Waals surface area contributed by atoms with Crippen LogP contribution in [0, 0.1) is 0 Å². The van der Waals surface area contributed by atoms with Crippen molar-refractivity contribution in [3.8, 4) is 6.01 Å². The minimum Gasteiger partial charge on any atom is -0.462 e. The largest absolute Gasteiger partial charge is 0.462 e. The van der Waals surface area contributed by atoms with Crippen LogP contribution in [0.1, 0.15) is 5.69 Å². The van der Waals surface area contributed by atoms with Gasteiger partial charge in [-0.15, -0.1) is 0 Å². The molecule has 0 bridgehead atoms. The van der Waals surface area contributed by atoms with Gasteiger partial charge < -0.3 is 24.7 Å². The van der Waals surface area contributed by atoms with Gasteiger partial charge in [0, 0.05) is 42.8 Å². The molecule has 0 spiro atoms. The zero-order chi connectivity index (χ0) is 19.9. The van der Waals surface area contributed by atoms with Gasteiger partial charge in [-0.3, -0.25) is 5.43 Å². The molecular weight excluding hydrogens is 370 g/mol. The maximum absolute atomic E-state index is 5.70. The summed E-state index contributed by atoms with van der Waals surface area (Å²) in [5, 5.41) is 8.49. The molecule has 0 saturated carbocycles. The van der Waals surface area contributed by atoms with E-state index in [1.54, 1.807) is 6.21 Å². The Morgan fingerprint density at radius 1 is 1.28 bits per heavy atom. The fourth-order valence-corrected chi connectivity index (χ4v) is 3.09. The molecular formula is C20H25N7O2. The molecule has 0 aliphatic carbocycles. The molecule has 1 aliphatic rings. The molecule has 3 N–H and O–H groups in total. The number of benzene rings is 1. The van der Waals surface area contributed by atoms with Crippen molar-refractivity contribution in [2.75, 3.05) is 56.8 Å². The highest BCUT2D eigenvalue weighted by Crippen LogP contribution is 2.22. The minimum atomic E-state index is 0.345. The van der Waals surface area contributed by atoms with E-state index in [0.29, 0.717) is 31.5 Å². The molecule has 3 heterocycles. The monoisotopic (exact) mass is 395 g/mol. The van der Waals surface area contributed by atoms with Crippen LogP contribution < -0.4 is 20.4 Å². The first-order valence-electron chi connectivity index (χ1n) is 9.68. The van der Waals surface area contributed by atoms with Gasteiger partial charge in [0.05, 0.1) is 30.8 Å². The van der Waals surface area contributed by atoms with Crippen molar-refractivity contribution in [1.82, 2.24) is 20.3 Å². The molecule has 0 unspecified atom stereocenters. The summed E-state index contributed by atoms with van der Waals surface area (Å²) in [7, 11) is 1.88. The maximum atomic E-state index is 5.70. The number of fused-ring (bicyclic) bond motifs is 1. The van der Waals surface area contributed by atoms with Crippen LogP contribution in [0.15, 0.2) is 41.6 Å². The van der Waals surface area contributed by atoms with Gasteiger partial charge in [0.25, 0.3) is 0 Å². The Morgan fingerprint density at radius 3 is 3.00 bits per heavy atom. The molecule has 1 fully saturated rings. The van der Waals surface area contributed by atoms with Crippen molar-refractivity contribution in [2.45, 2.75) is 0 Å². The van der Waals surface area contributed by atoms with Gasteiger partial charge in [-0.2, -0.15) is 15.1 Å². The van der Waals surface area contributed by atoms with Crippen LogP contribution in [0.5, 0.6) is 6.01 Å². The van der Waals surface area contributed by atoms with Crippen molar-refractivity contribution in [3.05, 3.63) is 42.2 Å². The number of hydrogen-bond donors (Lipinski definition) is 3. The first-order valence-corrected chi connectivity index (χ1v) is 9.68. The van der Waals surface area contributed by atoms with E-state index in [2.05, 4.69) is 35.7 Å². The summed E-state index contributed by atoms with van der Waals surface area (Å²) in [5.74, 6) is 0.816. The van der Waals surface area contributed by atoms with E-state index < -0.39 is 0 Å². The summed E-state index contributed by atoms with van der Waals surface area (Å²) >= 11 is 0. The second kappa shape index (κ2) is 9.35. The molecule has 9 nitrogen and oxygen atoms in total. The highest BCUT2D eigenvalue weighted by Gasteiger charge is 2.15. The Bertz CT molecular complexity index is 966. The summed E-state index contributed by atoms with van der Waals surface area (Å²) in [5.41, 5.74) is 5.72. The van der Waals surface area contributed by atoms with Gasteiger partial charge in [0.1, 0.15) is 12.4 Å². The number of likely N-dealkylation sites (N-methyl/N-ethyl adjacent to an activating group) is 1. The molecule has 0 atom stereocenters. The summed E-state index contributed by atoms with van der Waals surface area (Å²) in [6, 6.07) is 10.3. The minimum absolute atomic E-state index is 0.345. The number of para-hydroxylation sites is 1. The summed E-state index contributed by atoms with van der Waals surface area (Å²) in [6.45, 7) is 4.16. The van der Waals surface area contributed by atoms with E-state index in [-0.39, 0.29) is 0 Å². The molecule has 0 radical (unpaired) electrons. The van der Waals surface area contributed by atoms with Crippen molar-refractivity contribution < 1.29 is 9.47 Å². The van der Waals surface area contributed by atoms with Crippen LogP contribution in [0.4, 0.5) is 11.5 Å². The van der Waals surface area contributed by atoms with Gasteiger partial charge in [0.15, 0.2) is 0 Å². The van der Waals surface area contributed by atoms with Crippen LogP contribution in [-0.2, 0) is 4.74 Å². The molecule has 2 aromatic heterocycles. The zero-order valence-electron chi connectivity index (χ0n) is 16.4. The molecule has 152 valence electrons. The zero-order valence-corrected chi connectivity index (χ0v) is 16.4. The van der Waals surface area contributed by atoms with Crippen LogP contribution >= 0.6 is 0 Å². The predicted octanol–water partition coefficient (Wildman–Crippen LogP) is 1.84. The van der Waals surface area contributed by atoms with Gasteiger partial charge >= 0.3 is 6.01 Å². The van der Waals surface area contributed by atoms with Crippen LogP contribution in [0.2, 0.25) is 0 Å². The Morgan fingerprint density at radius 2 is 2.14 bits per heavy atom. The van der Waals surface area contributed by atoms with E-state index in [1.807, 2.05) is 43.6 Å². The Balaban J connectivity index is 1.52. The molecule has 9 heteroatoms. The number of aromatic nitrogens is 3. The van der Waals surface area contributed by atoms with Gasteiger partial charge in [0.2, 0.25) is 0 Å². The number of H-pyrrole nitrogens is 1. The average molecular weight is 395 g/mol. The first-order chi connectivity index (χ1) is 14.3. The Hall–Kier alpha value is -3.17. The molecule has 4 rings (SSSR count). The molecule has 3 aromatic rings. The van der Waals surface area contributed by atoms with Gasteiger partial charge in [-0.25, -0.2) is 0 Å². The lowest BCUT2D eigenvalue weighted by molar-refractivity contribution is 0.122. The molecule has 1 saturated heterocycles. The van der Waals surface area contributed by atoms with E-state index in [9.17, 15) is 0 Å². The number of aromatic amines is 1. The van der Waals surface area contributed by atoms with Crippen molar-refractivity contribution in [2.24, 2.45) is 5.10 Å². The second-order valence-electron chi connectivity index (χ2n) is 6.60. The quantitative estimate of drug-likeness (QED) is 0.304. The number of hydrazone groups is 1. The number of rotatable bonds is 8. The highest BCUT2D eigenvalue weighted by molar-refractivity contribution is 5.92. The number of morpholine rings is 1. The fraction of sp³-hybridized carbons (Fsp3) is 0.350. The normalized spacial score (nSPS) is 14.6. The smallest absolute Gasteiger partial charge is 0.319 e. The van der Waals surface area contributed by atoms with Gasteiger partial charge in [-0.1, -0.05) is 18.2 Å². The lowest BCUT2D eigenvalue weighted by Crippen LogP contribution is -2.37. The number of hydrogen-bond acceptors (Lipinski definition) is 8. The number of nitrogens with zero attached hydrogens (tertiary/aromatic N) is 4. The SMILES string of the molecule is CNCCOc1nc(/C=N/Nc2c[nH]c3ccccc23)cc(N2CCOCC2)n1. The predicted molar refractivity (Wildman–Crippen MR) is 114 cm³/mol. The maximum Gasteiger partial charge on any atom is 0.319 e. The summed E-state index contributed by atoms with van der Waals surface area (Å²) < 4.78 is 11.1. The topological polar surface area (TPSA) is 99.7 Å². The molecule has 29 heavy (non-hydrogen) atoms. The number of ether oxygens (including phenoxy) is 2. The van der Waals surface area contributed by atoms with Crippen LogP contribution in [0.3, 0.4) is 0 Å². The third-order valence-electron chi connectivity index (χ3n) is 4.60. The summed E-state index contributed by atoms with van der Waals surface area (Å²) in [4.78, 5) is 14.4. The number of nitrogens with one attached hydrogen (secondary N) is 3. The number of anilines is 2. The van der Waals surface area contributed by atoms with E-state index in [0.717, 1.165) is 42.0 Å². The molecule has 1 aromatic carbocycles. The van der Waals surface area contributed by atoms with Gasteiger partial charge in [-0.05, 0) is 13.1 Å². The lowest BCUT2D eigenvalue weighted by atomic mass is 10.2. The Labute approximate surface area is 169 Å². The first kappa shape index (κ1) is 19.2.